The van der Waals surface area contributed by atoms with Crippen LogP contribution >= 0.6 is 21.6 Å². The molecular weight excluding hydrogens is 1100 g/mol. The van der Waals surface area contributed by atoms with Gasteiger partial charge in [-0.3, -0.25) is 38.5 Å². The Bertz CT molecular complexity index is 3230. The van der Waals surface area contributed by atoms with Crippen molar-refractivity contribution in [1.82, 2.24) is 47.2 Å². The SMILES string of the molecule is C#Cc1ccc2nc(CCCCC[C@@H]3NC(=O)[C@@H](Cc4c[nH]c5ccccc45)NC(=O)[C@H](Cc4ccccc4)NC(=O)[C@@H](NC(=O)[C@H](N)Cc4ccccc4)CSSC[C@@H](C(=O)NC(CO)C(C)O)NC(=O)[C@H]([C@@H](C)O)NC3=O)ccc2c1. The summed E-state index contributed by atoms with van der Waals surface area (Å²) in [6.07, 6.45) is 6.76. The first kappa shape index (κ1) is 62.8. The van der Waals surface area contributed by atoms with Gasteiger partial charge in [0.15, 0.2) is 0 Å². The second-order valence-corrected chi connectivity index (χ2v) is 23.2. The third-order valence-electron chi connectivity index (χ3n) is 14.2. The van der Waals surface area contributed by atoms with Crippen molar-refractivity contribution in [3.8, 4) is 12.3 Å². The molecule has 10 atom stereocenters. The molecule has 7 amide bonds. The number of aromatic amines is 1. The zero-order valence-corrected chi connectivity index (χ0v) is 47.8. The highest BCUT2D eigenvalue weighted by Gasteiger charge is 2.36. The number of hydrogen-bond donors (Lipinski definition) is 12. The highest BCUT2D eigenvalue weighted by molar-refractivity contribution is 8.76. The maximum Gasteiger partial charge on any atom is 0.245 e. The molecule has 3 heterocycles. The summed E-state index contributed by atoms with van der Waals surface area (Å²) < 4.78 is 0. The van der Waals surface area contributed by atoms with Gasteiger partial charge in [0.05, 0.1) is 36.4 Å². The quantitative estimate of drug-likeness (QED) is 0.0315. The van der Waals surface area contributed by atoms with Crippen LogP contribution in [0.15, 0.2) is 121 Å². The summed E-state index contributed by atoms with van der Waals surface area (Å²) in [4.78, 5) is 109. The molecule has 20 nitrogen and oxygen atoms in total. The number of nitrogens with zero attached hydrogens (tertiary/aromatic N) is 1. The molecule has 2 aromatic heterocycles. The summed E-state index contributed by atoms with van der Waals surface area (Å²) in [6.45, 7) is 1.97. The molecule has 0 aliphatic carbocycles. The number of unbranched alkanes of at least 4 members (excludes halogenated alkanes) is 2. The average Bonchev–Trinajstić information content (AvgIpc) is 4.17. The first-order valence-corrected chi connectivity index (χ1v) is 30.1. The van der Waals surface area contributed by atoms with E-state index in [0.29, 0.717) is 36.8 Å². The van der Waals surface area contributed by atoms with Gasteiger partial charge in [-0.1, -0.05) is 125 Å². The summed E-state index contributed by atoms with van der Waals surface area (Å²) in [5.41, 5.74) is 11.6. The molecule has 1 aliphatic rings. The number of aromatic nitrogens is 2. The minimum atomic E-state index is -1.69. The van der Waals surface area contributed by atoms with E-state index < -0.39 is 108 Å². The van der Waals surface area contributed by atoms with Gasteiger partial charge in [0.1, 0.15) is 36.3 Å². The molecule has 438 valence electrons. The standard InChI is InChI=1S/C61H72N10O10S2/c1-4-38-24-27-46-41(28-38)25-26-43(64-46)20-12-7-13-23-48-56(76)71-54(37(3)74)61(81)70-53(60(80)68-51(33-72)36(2)73)35-83-82-34-52(69-55(75)45(62)29-39-16-8-5-9-17-39)59(79)66-49(30-40-18-10-6-11-19-40)57(77)67-50(58(78)65-48)31-42-32-63-47-22-15-14-21-44(42)47/h1,5-6,8-11,14-19,21-22,24-28,32,36-37,45,48-54,63,72-74H,7,12-13,20,23,29-31,33-35,62H2,2-3H3,(H,65,78)(H,66,79)(H,67,77)(H,68,80)(H,69,75)(H,70,81)(H,71,76)/t36?,37-,45-,48+,49+,50-,51?,52+,53+,54+/m1/s1. The number of aliphatic hydroxyl groups is 3. The minimum absolute atomic E-state index is 0.0368. The minimum Gasteiger partial charge on any atom is -0.394 e. The zero-order valence-electron chi connectivity index (χ0n) is 46.2. The Balaban J connectivity index is 1.22. The van der Waals surface area contributed by atoms with Crippen LogP contribution in [0.5, 0.6) is 0 Å². The summed E-state index contributed by atoms with van der Waals surface area (Å²) in [6, 6.07) is 24.0. The molecule has 0 spiro atoms. The van der Waals surface area contributed by atoms with Crippen LogP contribution in [0.3, 0.4) is 0 Å². The summed E-state index contributed by atoms with van der Waals surface area (Å²) in [5.74, 6) is -3.41. The number of aliphatic hydroxyl groups excluding tert-OH is 3. The predicted molar refractivity (Wildman–Crippen MR) is 321 cm³/mol. The molecule has 0 bridgehead atoms. The number of benzene rings is 4. The van der Waals surface area contributed by atoms with Crippen molar-refractivity contribution < 1.29 is 48.9 Å². The van der Waals surface area contributed by atoms with Gasteiger partial charge in [-0.2, -0.15) is 0 Å². The highest BCUT2D eigenvalue weighted by Crippen LogP contribution is 2.25. The molecule has 6 aromatic rings. The molecule has 22 heteroatoms. The lowest BCUT2D eigenvalue weighted by atomic mass is 10.0. The highest BCUT2D eigenvalue weighted by atomic mass is 33.1. The third-order valence-corrected chi connectivity index (χ3v) is 16.7. The molecule has 4 aromatic carbocycles. The van der Waals surface area contributed by atoms with E-state index in [-0.39, 0.29) is 37.2 Å². The van der Waals surface area contributed by atoms with Crippen molar-refractivity contribution in [2.24, 2.45) is 5.73 Å². The lowest BCUT2D eigenvalue weighted by molar-refractivity contribution is -0.136. The lowest BCUT2D eigenvalue weighted by Gasteiger charge is -2.29. The Hall–Kier alpha value is -7.78. The van der Waals surface area contributed by atoms with E-state index >= 15 is 4.79 Å². The van der Waals surface area contributed by atoms with Crippen molar-refractivity contribution in [2.75, 3.05) is 18.1 Å². The fourth-order valence-corrected chi connectivity index (χ4v) is 11.8. The number of pyridine rings is 1. The molecule has 7 rings (SSSR count). The largest absolute Gasteiger partial charge is 0.394 e. The molecular formula is C61H72N10O10S2. The number of aryl methyl sites for hydroxylation is 1. The number of nitrogens with one attached hydrogen (secondary N) is 8. The summed E-state index contributed by atoms with van der Waals surface area (Å²) in [5, 5.41) is 52.2. The second-order valence-electron chi connectivity index (χ2n) is 20.6. The first-order chi connectivity index (χ1) is 40.0. The van der Waals surface area contributed by atoms with E-state index in [1.165, 1.54) is 13.8 Å². The van der Waals surface area contributed by atoms with E-state index in [1.54, 1.807) is 48.7 Å². The number of carbonyl (C=O) groups is 7. The fourth-order valence-electron chi connectivity index (χ4n) is 9.46. The number of fused-ring (bicyclic) bond motifs is 2. The Kier molecular flexibility index (Phi) is 23.5. The zero-order chi connectivity index (χ0) is 59.4. The van der Waals surface area contributed by atoms with Gasteiger partial charge in [-0.15, -0.1) is 6.42 Å². The lowest BCUT2D eigenvalue weighted by Crippen LogP contribution is -2.62. The van der Waals surface area contributed by atoms with Crippen LogP contribution in [0.2, 0.25) is 0 Å². The summed E-state index contributed by atoms with van der Waals surface area (Å²) in [7, 11) is 2.06. The molecule has 83 heavy (non-hydrogen) atoms. The molecule has 1 fully saturated rings. The second kappa shape index (κ2) is 31.0. The number of amides is 7. The number of para-hydroxylation sites is 1. The first-order valence-electron chi connectivity index (χ1n) is 27.6. The van der Waals surface area contributed by atoms with Crippen molar-refractivity contribution in [1.29, 1.82) is 0 Å². The summed E-state index contributed by atoms with van der Waals surface area (Å²) >= 11 is 0. The predicted octanol–water partition coefficient (Wildman–Crippen LogP) is 2.40. The van der Waals surface area contributed by atoms with Crippen molar-refractivity contribution >= 4 is 84.7 Å². The van der Waals surface area contributed by atoms with Gasteiger partial charge in [0, 0.05) is 58.1 Å². The van der Waals surface area contributed by atoms with Gasteiger partial charge < -0.3 is 63.3 Å². The van der Waals surface area contributed by atoms with Gasteiger partial charge in [-0.05, 0) is 86.6 Å². The fraction of sp³-hybridized carbons (Fsp3) is 0.377. The number of hydrogen-bond acceptors (Lipinski definition) is 14. The number of terminal acetylenes is 1. The number of nitrogens with two attached hydrogens (primary N) is 1. The maximum atomic E-state index is 15.0. The van der Waals surface area contributed by atoms with Gasteiger partial charge in [0.25, 0.3) is 0 Å². The van der Waals surface area contributed by atoms with Gasteiger partial charge >= 0.3 is 0 Å². The molecule has 0 radical (unpaired) electrons. The van der Waals surface area contributed by atoms with E-state index in [4.69, 9.17) is 17.1 Å². The van der Waals surface area contributed by atoms with Gasteiger partial charge in [0.2, 0.25) is 41.4 Å². The van der Waals surface area contributed by atoms with Crippen LogP contribution in [0, 0.1) is 12.3 Å². The van der Waals surface area contributed by atoms with Crippen molar-refractivity contribution in [3.05, 3.63) is 149 Å². The Morgan fingerprint density at radius 3 is 2.08 bits per heavy atom. The Morgan fingerprint density at radius 2 is 1.39 bits per heavy atom. The van der Waals surface area contributed by atoms with Crippen molar-refractivity contribution in [2.45, 2.75) is 126 Å². The topological polar surface area (TPSA) is 319 Å². The van der Waals surface area contributed by atoms with Crippen molar-refractivity contribution in [3.63, 3.8) is 0 Å². The Morgan fingerprint density at radius 1 is 0.735 bits per heavy atom. The number of H-pyrrole nitrogens is 1. The molecule has 0 saturated carbocycles. The van der Waals surface area contributed by atoms with E-state index in [2.05, 4.69) is 48.1 Å². The van der Waals surface area contributed by atoms with E-state index in [1.807, 2.05) is 72.8 Å². The third kappa shape index (κ3) is 18.4. The van der Waals surface area contributed by atoms with Crippen LogP contribution in [-0.2, 0) is 59.2 Å². The van der Waals surface area contributed by atoms with Crippen LogP contribution in [0.4, 0.5) is 0 Å². The van der Waals surface area contributed by atoms with Crippen LogP contribution in [0.1, 0.15) is 67.5 Å². The number of carbonyl (C=O) groups excluding carboxylic acids is 7. The molecule has 1 saturated heterocycles. The van der Waals surface area contributed by atoms with E-state index in [9.17, 15) is 44.1 Å². The van der Waals surface area contributed by atoms with Crippen LogP contribution in [0.25, 0.3) is 21.8 Å². The smallest absolute Gasteiger partial charge is 0.245 e. The molecule has 13 N–H and O–H groups in total. The van der Waals surface area contributed by atoms with Crippen LogP contribution in [-0.4, -0.2) is 145 Å². The average molecular weight is 1170 g/mol. The maximum absolute atomic E-state index is 15.0. The van der Waals surface area contributed by atoms with E-state index in [0.717, 1.165) is 60.2 Å². The van der Waals surface area contributed by atoms with Crippen LogP contribution < -0.4 is 43.0 Å². The van der Waals surface area contributed by atoms with Gasteiger partial charge in [-0.25, -0.2) is 0 Å². The molecule has 1 aliphatic heterocycles. The number of rotatable bonds is 19. The molecule has 2 unspecified atom stereocenters. The normalized spacial score (nSPS) is 21.1. The Labute approximate surface area is 489 Å². The monoisotopic (exact) mass is 1170 g/mol.